The van der Waals surface area contributed by atoms with Gasteiger partial charge in [-0.3, -0.25) is 0 Å². The van der Waals surface area contributed by atoms with Crippen molar-refractivity contribution in [3.63, 3.8) is 0 Å². The highest BCUT2D eigenvalue weighted by molar-refractivity contribution is 8.69. The molecule has 0 N–H and O–H groups in total. The van der Waals surface area contributed by atoms with Crippen LogP contribution in [0.4, 0.5) is 0 Å². The summed E-state index contributed by atoms with van der Waals surface area (Å²) in [6, 6.07) is 12.2. The molecule has 19 heavy (non-hydrogen) atoms. The van der Waals surface area contributed by atoms with Crippen molar-refractivity contribution in [2.24, 2.45) is 0 Å². The second-order valence-corrected chi connectivity index (χ2v) is 7.62. The lowest BCUT2D eigenvalue weighted by Gasteiger charge is -2.11. The fraction of sp³-hybridized carbons (Fsp3) is 0.250. The smallest absolute Gasteiger partial charge is 0.118 e. The van der Waals surface area contributed by atoms with Gasteiger partial charge in [-0.05, 0) is 60.7 Å². The topological polar surface area (TPSA) is 17.1 Å². The molecule has 0 saturated carbocycles. The predicted molar refractivity (Wildman–Crippen MR) is 84.1 cm³/mol. The highest BCUT2D eigenvalue weighted by Gasteiger charge is 2.14. The van der Waals surface area contributed by atoms with Crippen LogP contribution in [0.1, 0.15) is 22.3 Å². The highest BCUT2D eigenvalue weighted by atomic mass is 33.1. The standard InChI is InChI=1S/C16H18OS2/c1-11-7-5-8-12(2)15(11)18-19(17)16-13(3)9-6-10-14(16)4/h5-10H,1-4H3. The summed E-state index contributed by atoms with van der Waals surface area (Å²) < 4.78 is 12.6. The molecule has 1 unspecified atom stereocenters. The van der Waals surface area contributed by atoms with Gasteiger partial charge < -0.3 is 0 Å². The Kier molecular flexibility index (Phi) is 4.48. The Morgan fingerprint density at radius 3 is 1.68 bits per heavy atom. The molecule has 0 bridgehead atoms. The quantitative estimate of drug-likeness (QED) is 0.760. The van der Waals surface area contributed by atoms with Gasteiger partial charge in [-0.1, -0.05) is 36.4 Å². The Bertz CT molecular complexity index is 592. The third kappa shape index (κ3) is 3.10. The molecule has 0 aliphatic carbocycles. The SMILES string of the molecule is Cc1cccc(C)c1SS(=O)c1c(C)cccc1C. The summed E-state index contributed by atoms with van der Waals surface area (Å²) in [5.41, 5.74) is 4.56. The number of aryl methyl sites for hydroxylation is 4. The average molecular weight is 290 g/mol. The molecule has 2 rings (SSSR count). The maximum absolute atomic E-state index is 12.6. The van der Waals surface area contributed by atoms with Gasteiger partial charge in [0.2, 0.25) is 0 Å². The molecule has 0 amide bonds. The van der Waals surface area contributed by atoms with Crippen LogP contribution in [0.3, 0.4) is 0 Å². The first-order chi connectivity index (χ1) is 9.00. The van der Waals surface area contributed by atoms with Gasteiger partial charge >= 0.3 is 0 Å². The van der Waals surface area contributed by atoms with Gasteiger partial charge in [0.05, 0.1) is 4.90 Å². The minimum Gasteiger partial charge on any atom is -0.242 e. The Balaban J connectivity index is 2.37. The molecule has 0 aliphatic heterocycles. The Morgan fingerprint density at radius 1 is 0.789 bits per heavy atom. The van der Waals surface area contributed by atoms with Crippen molar-refractivity contribution >= 4 is 20.6 Å². The van der Waals surface area contributed by atoms with Crippen LogP contribution in [-0.4, -0.2) is 4.21 Å². The molecule has 0 saturated heterocycles. The van der Waals surface area contributed by atoms with E-state index in [9.17, 15) is 4.21 Å². The van der Waals surface area contributed by atoms with E-state index in [-0.39, 0.29) is 0 Å². The van der Waals surface area contributed by atoms with Gasteiger partial charge in [0.25, 0.3) is 0 Å². The predicted octanol–water partition coefficient (Wildman–Crippen LogP) is 4.74. The normalized spacial score (nSPS) is 12.4. The second kappa shape index (κ2) is 5.93. The van der Waals surface area contributed by atoms with E-state index in [0.29, 0.717) is 0 Å². The fourth-order valence-corrected chi connectivity index (χ4v) is 5.69. The lowest BCUT2D eigenvalue weighted by molar-refractivity contribution is 0.690. The fourth-order valence-electron chi connectivity index (χ4n) is 2.11. The maximum Gasteiger partial charge on any atom is 0.118 e. The van der Waals surface area contributed by atoms with Crippen molar-refractivity contribution in [2.75, 3.05) is 0 Å². The zero-order valence-electron chi connectivity index (χ0n) is 11.7. The van der Waals surface area contributed by atoms with Gasteiger partial charge in [0.15, 0.2) is 0 Å². The molecule has 0 aromatic heterocycles. The Labute approximate surface area is 121 Å². The zero-order chi connectivity index (χ0) is 14.0. The molecule has 0 fully saturated rings. The van der Waals surface area contributed by atoms with Crippen molar-refractivity contribution in [2.45, 2.75) is 37.5 Å². The van der Waals surface area contributed by atoms with Crippen molar-refractivity contribution < 1.29 is 4.21 Å². The minimum atomic E-state index is -1.06. The van der Waals surface area contributed by atoms with E-state index >= 15 is 0 Å². The molecule has 100 valence electrons. The van der Waals surface area contributed by atoms with Crippen molar-refractivity contribution in [1.29, 1.82) is 0 Å². The second-order valence-electron chi connectivity index (χ2n) is 4.76. The number of hydrogen-bond acceptors (Lipinski definition) is 2. The molecule has 1 nitrogen and oxygen atoms in total. The molecular weight excluding hydrogens is 272 g/mol. The van der Waals surface area contributed by atoms with Crippen LogP contribution in [0.25, 0.3) is 0 Å². The lowest BCUT2D eigenvalue weighted by Crippen LogP contribution is -1.95. The summed E-state index contributed by atoms with van der Waals surface area (Å²) >= 11 is 0. The van der Waals surface area contributed by atoms with E-state index in [1.807, 2.05) is 38.1 Å². The van der Waals surface area contributed by atoms with E-state index in [4.69, 9.17) is 0 Å². The van der Waals surface area contributed by atoms with Crippen LogP contribution in [-0.2, 0) is 9.83 Å². The first kappa shape index (κ1) is 14.4. The van der Waals surface area contributed by atoms with Crippen LogP contribution < -0.4 is 0 Å². The molecule has 1 atom stereocenters. The summed E-state index contributed by atoms with van der Waals surface area (Å²) in [5.74, 6) is 0. The summed E-state index contributed by atoms with van der Waals surface area (Å²) in [5, 5.41) is 0. The number of benzene rings is 2. The van der Waals surface area contributed by atoms with Gasteiger partial charge in [-0.15, -0.1) is 0 Å². The van der Waals surface area contributed by atoms with Crippen LogP contribution in [0.2, 0.25) is 0 Å². The van der Waals surface area contributed by atoms with Gasteiger partial charge in [-0.25, -0.2) is 4.21 Å². The van der Waals surface area contributed by atoms with E-state index < -0.39 is 9.83 Å². The van der Waals surface area contributed by atoms with Crippen LogP contribution in [0, 0.1) is 27.7 Å². The van der Waals surface area contributed by atoms with E-state index in [1.54, 1.807) is 0 Å². The van der Waals surface area contributed by atoms with Crippen molar-refractivity contribution in [1.82, 2.24) is 0 Å². The molecule has 3 heteroatoms. The van der Waals surface area contributed by atoms with Crippen LogP contribution in [0.5, 0.6) is 0 Å². The van der Waals surface area contributed by atoms with Gasteiger partial charge in [-0.2, -0.15) is 0 Å². The van der Waals surface area contributed by atoms with Crippen molar-refractivity contribution in [3.05, 3.63) is 58.7 Å². The average Bonchev–Trinajstić information content (AvgIpc) is 2.34. The number of rotatable bonds is 3. The van der Waals surface area contributed by atoms with Crippen LogP contribution in [0.15, 0.2) is 46.2 Å². The third-order valence-electron chi connectivity index (χ3n) is 3.14. The molecular formula is C16H18OS2. The van der Waals surface area contributed by atoms with Gasteiger partial charge in [0.1, 0.15) is 9.83 Å². The monoisotopic (exact) mass is 290 g/mol. The third-order valence-corrected chi connectivity index (χ3v) is 6.54. The molecule has 2 aromatic rings. The lowest BCUT2D eigenvalue weighted by atomic mass is 10.2. The van der Waals surface area contributed by atoms with E-state index in [2.05, 4.69) is 26.0 Å². The first-order valence-electron chi connectivity index (χ1n) is 6.23. The highest BCUT2D eigenvalue weighted by Crippen LogP contribution is 2.34. The van der Waals surface area contributed by atoms with Crippen molar-refractivity contribution in [3.8, 4) is 0 Å². The number of hydrogen-bond donors (Lipinski definition) is 0. The Hall–Kier alpha value is -1.06. The summed E-state index contributed by atoms with van der Waals surface area (Å²) in [4.78, 5) is 2.08. The largest absolute Gasteiger partial charge is 0.242 e. The maximum atomic E-state index is 12.6. The zero-order valence-corrected chi connectivity index (χ0v) is 13.3. The Morgan fingerprint density at radius 2 is 1.21 bits per heavy atom. The molecule has 0 spiro atoms. The van der Waals surface area contributed by atoms with Gasteiger partial charge in [0, 0.05) is 4.90 Å². The summed E-state index contributed by atoms with van der Waals surface area (Å²) in [7, 11) is 0.389. The van der Waals surface area contributed by atoms with E-state index in [0.717, 1.165) is 20.9 Å². The first-order valence-corrected chi connectivity index (χ1v) is 8.71. The minimum absolute atomic E-state index is 0.954. The summed E-state index contributed by atoms with van der Waals surface area (Å²) in [6.07, 6.45) is 0. The molecule has 0 radical (unpaired) electrons. The van der Waals surface area contributed by atoms with Crippen LogP contribution >= 0.6 is 10.8 Å². The molecule has 2 aromatic carbocycles. The summed E-state index contributed by atoms with van der Waals surface area (Å²) in [6.45, 7) is 8.17. The molecule has 0 heterocycles. The van der Waals surface area contributed by atoms with E-state index in [1.165, 1.54) is 21.9 Å². The molecule has 0 aliphatic rings.